The molecule has 0 aliphatic rings. The van der Waals surface area contributed by atoms with Crippen molar-refractivity contribution in [1.82, 2.24) is 25.9 Å². The van der Waals surface area contributed by atoms with E-state index >= 15 is 0 Å². The Morgan fingerprint density at radius 3 is 2.21 bits per heavy atom. The Bertz CT molecular complexity index is 821. The number of hydrogen-bond acceptors (Lipinski definition) is 9. The van der Waals surface area contributed by atoms with Crippen molar-refractivity contribution in [3.8, 4) is 0 Å². The molecule has 4 unspecified atom stereocenters. The van der Waals surface area contributed by atoms with Gasteiger partial charge in [-0.2, -0.15) is 11.8 Å². The number of aliphatic hydroxyl groups excluding tert-OH is 1. The predicted molar refractivity (Wildman–Crippen MR) is 118 cm³/mol. The van der Waals surface area contributed by atoms with E-state index in [0.29, 0.717) is 17.9 Å². The first kappa shape index (κ1) is 27.9. The Hall–Kier alpha value is -3.17. The monoisotopic (exact) mass is 487 g/mol. The summed E-state index contributed by atoms with van der Waals surface area (Å²) in [6.45, 7) is -0.912. The van der Waals surface area contributed by atoms with E-state index < -0.39 is 66.8 Å². The molecule has 0 spiro atoms. The number of nitrogens with one attached hydrogen (secondary N) is 4. The Labute approximate surface area is 193 Å². The van der Waals surface area contributed by atoms with E-state index in [1.165, 1.54) is 24.3 Å². The second-order valence-corrected chi connectivity index (χ2v) is 8.03. The van der Waals surface area contributed by atoms with Gasteiger partial charge in [0.1, 0.15) is 18.1 Å². The number of amides is 4. The minimum Gasteiger partial charge on any atom is -0.480 e. The van der Waals surface area contributed by atoms with Crippen molar-refractivity contribution in [3.63, 3.8) is 0 Å². The largest absolute Gasteiger partial charge is 0.480 e. The molecular weight excluding hydrogens is 458 g/mol. The number of nitrogens with zero attached hydrogens (tertiary/aromatic N) is 1. The standard InChI is InChI=1S/C18H29N7O7S/c1-33-3-2-10(19)15(28)23-11(4-9-6-21-8-22-9)16(29)24-12(5-14(20)27)17(30)25-13(7-26)18(31)32/h6,8,10-13,26H,2-5,7,19H2,1H3,(H2,20,27)(H,21,22)(H,23,28)(H,24,29)(H,25,30)(H,31,32). The molecule has 15 heteroatoms. The number of carboxylic acid groups (broad SMARTS) is 1. The van der Waals surface area contributed by atoms with E-state index in [1.54, 1.807) is 0 Å². The summed E-state index contributed by atoms with van der Waals surface area (Å²) in [6, 6.07) is -5.27. The van der Waals surface area contributed by atoms with Crippen LogP contribution in [0.4, 0.5) is 0 Å². The summed E-state index contributed by atoms with van der Waals surface area (Å²) in [5.41, 5.74) is 11.5. The number of thioether (sulfide) groups is 1. The smallest absolute Gasteiger partial charge is 0.328 e. The number of carbonyl (C=O) groups is 5. The van der Waals surface area contributed by atoms with E-state index in [9.17, 15) is 24.0 Å². The molecule has 0 saturated heterocycles. The lowest BCUT2D eigenvalue weighted by atomic mass is 10.1. The van der Waals surface area contributed by atoms with Crippen molar-refractivity contribution in [3.05, 3.63) is 18.2 Å². The molecule has 1 heterocycles. The summed E-state index contributed by atoms with van der Waals surface area (Å²) in [6.07, 6.45) is 4.36. The number of hydrogen-bond donors (Lipinski definition) is 8. The summed E-state index contributed by atoms with van der Waals surface area (Å²) in [7, 11) is 0. The highest BCUT2D eigenvalue weighted by atomic mass is 32.2. The van der Waals surface area contributed by atoms with Gasteiger partial charge in [-0.05, 0) is 18.4 Å². The molecule has 0 aliphatic carbocycles. The van der Waals surface area contributed by atoms with Crippen LogP contribution >= 0.6 is 11.8 Å². The molecule has 14 nitrogen and oxygen atoms in total. The third kappa shape index (κ3) is 9.88. The van der Waals surface area contributed by atoms with Crippen LogP contribution < -0.4 is 27.4 Å². The number of primary amides is 1. The average Bonchev–Trinajstić information content (AvgIpc) is 3.27. The molecule has 0 radical (unpaired) electrons. The Balaban J connectivity index is 3.00. The van der Waals surface area contributed by atoms with Crippen LogP contribution in [0.15, 0.2) is 12.5 Å². The number of aliphatic carboxylic acids is 1. The van der Waals surface area contributed by atoms with Crippen LogP contribution in [0.3, 0.4) is 0 Å². The average molecular weight is 488 g/mol. The molecule has 0 saturated carbocycles. The van der Waals surface area contributed by atoms with Crippen molar-refractivity contribution in [1.29, 1.82) is 0 Å². The fourth-order valence-electron chi connectivity index (χ4n) is 2.62. The highest BCUT2D eigenvalue weighted by molar-refractivity contribution is 7.98. The number of imidazole rings is 1. The second-order valence-electron chi connectivity index (χ2n) is 7.04. The molecule has 0 aromatic carbocycles. The summed E-state index contributed by atoms with van der Waals surface area (Å²) in [5, 5.41) is 24.9. The van der Waals surface area contributed by atoms with E-state index in [1.807, 2.05) is 11.6 Å². The van der Waals surface area contributed by atoms with Crippen molar-refractivity contribution in [2.75, 3.05) is 18.6 Å². The van der Waals surface area contributed by atoms with Crippen LogP contribution in [-0.4, -0.2) is 92.6 Å². The van der Waals surface area contributed by atoms with Crippen molar-refractivity contribution in [2.45, 2.75) is 43.4 Å². The molecule has 0 fully saturated rings. The van der Waals surface area contributed by atoms with Crippen LogP contribution in [0, 0.1) is 0 Å². The fraction of sp³-hybridized carbons (Fsp3) is 0.556. The maximum Gasteiger partial charge on any atom is 0.328 e. The van der Waals surface area contributed by atoms with Gasteiger partial charge in [-0.15, -0.1) is 0 Å². The molecule has 0 aliphatic heterocycles. The third-order valence-electron chi connectivity index (χ3n) is 4.42. The van der Waals surface area contributed by atoms with Crippen LogP contribution in [-0.2, 0) is 30.4 Å². The van der Waals surface area contributed by atoms with Gasteiger partial charge in [-0.25, -0.2) is 9.78 Å². The molecule has 10 N–H and O–H groups in total. The Kier molecular flexibility index (Phi) is 11.9. The predicted octanol–water partition coefficient (Wildman–Crippen LogP) is -3.56. The van der Waals surface area contributed by atoms with Gasteiger partial charge in [0.05, 0.1) is 25.4 Å². The number of aliphatic hydroxyl groups is 1. The molecule has 1 aromatic rings. The van der Waals surface area contributed by atoms with Crippen LogP contribution in [0.2, 0.25) is 0 Å². The molecule has 33 heavy (non-hydrogen) atoms. The lowest BCUT2D eigenvalue weighted by Gasteiger charge is -2.24. The van der Waals surface area contributed by atoms with E-state index in [-0.39, 0.29) is 6.42 Å². The number of carbonyl (C=O) groups excluding carboxylic acids is 4. The van der Waals surface area contributed by atoms with Crippen molar-refractivity contribution in [2.24, 2.45) is 11.5 Å². The normalized spacial score (nSPS) is 14.4. The number of aromatic nitrogens is 2. The first-order valence-electron chi connectivity index (χ1n) is 9.83. The highest BCUT2D eigenvalue weighted by Crippen LogP contribution is 2.04. The first-order valence-corrected chi connectivity index (χ1v) is 11.2. The van der Waals surface area contributed by atoms with E-state index in [2.05, 4.69) is 20.6 Å². The lowest BCUT2D eigenvalue weighted by molar-refractivity contribution is -0.143. The molecule has 1 rings (SSSR count). The Morgan fingerprint density at radius 2 is 1.70 bits per heavy atom. The lowest BCUT2D eigenvalue weighted by Crippen LogP contribution is -2.58. The topological polar surface area (TPSA) is 243 Å². The fourth-order valence-corrected chi connectivity index (χ4v) is 3.11. The molecule has 1 aromatic heterocycles. The van der Waals surface area contributed by atoms with Crippen LogP contribution in [0.25, 0.3) is 0 Å². The highest BCUT2D eigenvalue weighted by Gasteiger charge is 2.31. The van der Waals surface area contributed by atoms with Gasteiger partial charge in [-0.1, -0.05) is 0 Å². The Morgan fingerprint density at radius 1 is 1.09 bits per heavy atom. The SMILES string of the molecule is CSCCC(N)C(=O)NC(Cc1cnc[nH]1)C(=O)NC(CC(N)=O)C(=O)NC(CO)C(=O)O. The van der Waals surface area contributed by atoms with Gasteiger partial charge in [0.25, 0.3) is 0 Å². The van der Waals surface area contributed by atoms with Crippen molar-refractivity contribution >= 4 is 41.4 Å². The van der Waals surface area contributed by atoms with Crippen molar-refractivity contribution < 1.29 is 34.2 Å². The number of carboxylic acids is 1. The molecule has 4 atom stereocenters. The zero-order valence-electron chi connectivity index (χ0n) is 17.9. The number of H-pyrrole nitrogens is 1. The maximum absolute atomic E-state index is 12.9. The van der Waals surface area contributed by atoms with Gasteiger partial charge < -0.3 is 42.6 Å². The van der Waals surface area contributed by atoms with Gasteiger partial charge in [0.2, 0.25) is 23.6 Å². The number of rotatable bonds is 15. The van der Waals surface area contributed by atoms with Gasteiger partial charge in [0, 0.05) is 18.3 Å². The summed E-state index contributed by atoms with van der Waals surface area (Å²) in [4.78, 5) is 66.9. The molecule has 184 valence electrons. The molecule has 4 amide bonds. The van der Waals surface area contributed by atoms with E-state index in [0.717, 1.165) is 0 Å². The van der Waals surface area contributed by atoms with Crippen LogP contribution in [0.5, 0.6) is 0 Å². The summed E-state index contributed by atoms with van der Waals surface area (Å²) in [5.74, 6) is -4.31. The molecular formula is C18H29N7O7S. The quantitative estimate of drug-likeness (QED) is 0.121. The van der Waals surface area contributed by atoms with Gasteiger partial charge in [-0.3, -0.25) is 19.2 Å². The minimum atomic E-state index is -1.65. The zero-order valence-corrected chi connectivity index (χ0v) is 18.8. The maximum atomic E-state index is 12.9. The van der Waals surface area contributed by atoms with Gasteiger partial charge in [0.15, 0.2) is 0 Å². The van der Waals surface area contributed by atoms with Gasteiger partial charge >= 0.3 is 5.97 Å². The summed E-state index contributed by atoms with van der Waals surface area (Å²) < 4.78 is 0. The summed E-state index contributed by atoms with van der Waals surface area (Å²) >= 11 is 1.50. The third-order valence-corrected chi connectivity index (χ3v) is 5.06. The molecule has 0 bridgehead atoms. The second kappa shape index (κ2) is 14.1. The zero-order chi connectivity index (χ0) is 25.0. The minimum absolute atomic E-state index is 0.0356. The van der Waals surface area contributed by atoms with Crippen LogP contribution in [0.1, 0.15) is 18.5 Å². The number of nitrogens with two attached hydrogens (primary N) is 2. The number of aromatic amines is 1. The first-order chi connectivity index (χ1) is 15.6. The van der Waals surface area contributed by atoms with E-state index in [4.69, 9.17) is 21.7 Å².